The van der Waals surface area contributed by atoms with E-state index in [1.165, 1.54) is 0 Å². The summed E-state index contributed by atoms with van der Waals surface area (Å²) in [5, 5.41) is 5.52. The van der Waals surface area contributed by atoms with Crippen LogP contribution in [0, 0.1) is 0 Å². The minimum atomic E-state index is -0.687. The first-order valence-electron chi connectivity index (χ1n) is 11.9. The highest BCUT2D eigenvalue weighted by Gasteiger charge is 2.48. The maximum Gasteiger partial charge on any atom is 0.319 e. The molecule has 0 radical (unpaired) electrons. The molecule has 4 N–H and O–H groups in total. The van der Waals surface area contributed by atoms with Gasteiger partial charge in [0.05, 0.1) is 31.0 Å². The molecule has 2 aliphatic heterocycles. The van der Waals surface area contributed by atoms with E-state index < -0.39 is 5.54 Å². The Morgan fingerprint density at radius 1 is 1.12 bits per heavy atom. The fourth-order valence-electron chi connectivity index (χ4n) is 4.45. The monoisotopic (exact) mass is 465 g/mol. The molecule has 2 fully saturated rings. The van der Waals surface area contributed by atoms with Gasteiger partial charge in [-0.2, -0.15) is 0 Å². The number of nitrogens with one attached hydrogen (secondary N) is 2. The van der Waals surface area contributed by atoms with Crippen LogP contribution in [0.15, 0.2) is 24.3 Å². The van der Waals surface area contributed by atoms with E-state index in [4.69, 9.17) is 20.4 Å². The van der Waals surface area contributed by atoms with Crippen molar-refractivity contribution in [2.24, 2.45) is 5.73 Å². The second-order valence-corrected chi connectivity index (χ2v) is 9.09. The van der Waals surface area contributed by atoms with E-state index >= 15 is 0 Å². The van der Waals surface area contributed by atoms with E-state index in [2.05, 4.69) is 15.5 Å². The Morgan fingerprint density at radius 2 is 1.85 bits per heavy atom. The Hall–Kier alpha value is -3.24. The minimum Gasteiger partial charge on any atom is -0.378 e. The Bertz CT molecular complexity index is 1080. The van der Waals surface area contributed by atoms with Crippen LogP contribution in [0.1, 0.15) is 31.0 Å². The summed E-state index contributed by atoms with van der Waals surface area (Å²) in [4.78, 5) is 38.6. The number of hydrogen-bond donors (Lipinski definition) is 3. The van der Waals surface area contributed by atoms with Gasteiger partial charge in [0.1, 0.15) is 5.82 Å². The van der Waals surface area contributed by atoms with Crippen molar-refractivity contribution in [3.63, 3.8) is 0 Å². The quantitative estimate of drug-likeness (QED) is 0.611. The van der Waals surface area contributed by atoms with Crippen molar-refractivity contribution in [2.45, 2.75) is 38.3 Å². The van der Waals surface area contributed by atoms with Gasteiger partial charge in [0, 0.05) is 43.0 Å². The SMILES string of the molecule is CCNC(=O)Nc1ccc(-c2nc3c(c(N4CCOCC4)n2)CCN(C(=O)C2(N)CC2)C3)cc1. The van der Waals surface area contributed by atoms with Crippen molar-refractivity contribution < 1.29 is 14.3 Å². The molecule has 1 saturated heterocycles. The molecule has 1 aliphatic carbocycles. The number of amides is 3. The van der Waals surface area contributed by atoms with Crippen molar-refractivity contribution in [1.82, 2.24) is 20.2 Å². The first-order chi connectivity index (χ1) is 16.5. The normalized spacial score (nSPS) is 18.8. The largest absolute Gasteiger partial charge is 0.378 e. The molecule has 3 heterocycles. The molecular formula is C24H31N7O3. The topological polar surface area (TPSA) is 126 Å². The number of morpholine rings is 1. The fourth-order valence-corrected chi connectivity index (χ4v) is 4.45. The van der Waals surface area contributed by atoms with E-state index in [1.54, 1.807) is 0 Å². The summed E-state index contributed by atoms with van der Waals surface area (Å²) in [6, 6.07) is 7.23. The first-order valence-corrected chi connectivity index (χ1v) is 11.9. The lowest BCUT2D eigenvalue weighted by atomic mass is 10.0. The fraction of sp³-hybridized carbons (Fsp3) is 0.500. The van der Waals surface area contributed by atoms with E-state index in [1.807, 2.05) is 36.1 Å². The molecule has 5 rings (SSSR count). The number of urea groups is 1. The maximum absolute atomic E-state index is 12.9. The summed E-state index contributed by atoms with van der Waals surface area (Å²) in [5.74, 6) is 1.55. The smallest absolute Gasteiger partial charge is 0.319 e. The van der Waals surface area contributed by atoms with E-state index in [0.717, 1.165) is 48.6 Å². The third kappa shape index (κ3) is 4.55. The van der Waals surface area contributed by atoms with Crippen molar-refractivity contribution >= 4 is 23.4 Å². The van der Waals surface area contributed by atoms with Gasteiger partial charge in [-0.25, -0.2) is 14.8 Å². The number of benzene rings is 1. The third-order valence-corrected chi connectivity index (χ3v) is 6.59. The van der Waals surface area contributed by atoms with Crippen LogP contribution in [0.3, 0.4) is 0 Å². The number of hydrogen-bond acceptors (Lipinski definition) is 7. The second-order valence-electron chi connectivity index (χ2n) is 9.09. The lowest BCUT2D eigenvalue weighted by Gasteiger charge is -2.35. The van der Waals surface area contributed by atoms with Crippen molar-refractivity contribution in [2.75, 3.05) is 49.6 Å². The highest BCUT2D eigenvalue weighted by Crippen LogP contribution is 2.37. The van der Waals surface area contributed by atoms with Crippen LogP contribution in [0.4, 0.5) is 16.3 Å². The van der Waals surface area contributed by atoms with E-state index in [9.17, 15) is 9.59 Å². The van der Waals surface area contributed by atoms with Gasteiger partial charge in [0.2, 0.25) is 5.91 Å². The number of nitrogens with two attached hydrogens (primary N) is 1. The van der Waals surface area contributed by atoms with Crippen molar-refractivity contribution in [1.29, 1.82) is 0 Å². The average Bonchev–Trinajstić information content (AvgIpc) is 3.62. The number of carbonyl (C=O) groups is 2. The molecule has 1 aromatic carbocycles. The van der Waals surface area contributed by atoms with Gasteiger partial charge in [-0.15, -0.1) is 0 Å². The molecule has 34 heavy (non-hydrogen) atoms. The number of fused-ring (bicyclic) bond motifs is 1. The highest BCUT2D eigenvalue weighted by molar-refractivity contribution is 5.90. The molecule has 0 atom stereocenters. The van der Waals surface area contributed by atoms with Crippen LogP contribution in [0.2, 0.25) is 0 Å². The molecule has 10 nitrogen and oxygen atoms in total. The summed E-state index contributed by atoms with van der Waals surface area (Å²) >= 11 is 0. The van der Waals surface area contributed by atoms with Gasteiger partial charge in [0.25, 0.3) is 0 Å². The van der Waals surface area contributed by atoms with Crippen LogP contribution in [-0.2, 0) is 22.5 Å². The average molecular weight is 466 g/mol. The minimum absolute atomic E-state index is 0.0204. The predicted octanol–water partition coefficient (Wildman–Crippen LogP) is 1.50. The first kappa shape index (κ1) is 22.5. The molecular weight excluding hydrogens is 434 g/mol. The van der Waals surface area contributed by atoms with E-state index in [0.29, 0.717) is 50.8 Å². The van der Waals surface area contributed by atoms with Gasteiger partial charge in [0.15, 0.2) is 5.82 Å². The van der Waals surface area contributed by atoms with Gasteiger partial charge in [-0.1, -0.05) is 0 Å². The summed E-state index contributed by atoms with van der Waals surface area (Å²) in [6.45, 7) is 6.36. The zero-order valence-electron chi connectivity index (χ0n) is 19.5. The summed E-state index contributed by atoms with van der Waals surface area (Å²) in [5.41, 5.74) is 9.02. The lowest BCUT2D eigenvalue weighted by molar-refractivity contribution is -0.134. The van der Waals surface area contributed by atoms with Crippen LogP contribution >= 0.6 is 0 Å². The molecule has 2 aromatic rings. The summed E-state index contributed by atoms with van der Waals surface area (Å²) in [6.07, 6.45) is 2.21. The molecule has 1 aromatic heterocycles. The Balaban J connectivity index is 1.45. The van der Waals surface area contributed by atoms with Crippen molar-refractivity contribution in [3.8, 4) is 11.4 Å². The highest BCUT2D eigenvalue weighted by atomic mass is 16.5. The molecule has 0 unspecified atom stereocenters. The predicted molar refractivity (Wildman–Crippen MR) is 128 cm³/mol. The Morgan fingerprint density at radius 3 is 2.53 bits per heavy atom. The molecule has 1 saturated carbocycles. The third-order valence-electron chi connectivity index (χ3n) is 6.59. The summed E-state index contributed by atoms with van der Waals surface area (Å²) < 4.78 is 5.54. The van der Waals surface area contributed by atoms with Gasteiger partial charge in [-0.05, 0) is 50.5 Å². The molecule has 3 aliphatic rings. The molecule has 10 heteroatoms. The number of rotatable bonds is 5. The Labute approximate surface area is 198 Å². The number of carbonyl (C=O) groups excluding carboxylic acids is 2. The lowest BCUT2D eigenvalue weighted by Crippen LogP contribution is -2.48. The van der Waals surface area contributed by atoms with Crippen molar-refractivity contribution in [3.05, 3.63) is 35.5 Å². The van der Waals surface area contributed by atoms with Gasteiger partial charge >= 0.3 is 6.03 Å². The zero-order valence-corrected chi connectivity index (χ0v) is 19.5. The standard InChI is InChI=1S/C24H31N7O3/c1-2-26-23(33)27-17-5-3-16(4-6-17)20-28-19-15-31(22(32)24(25)8-9-24)10-7-18(19)21(29-20)30-11-13-34-14-12-30/h3-6H,2,7-15,25H2,1H3,(H2,26,27,33). The molecule has 180 valence electrons. The molecule has 0 bridgehead atoms. The van der Waals surface area contributed by atoms with Gasteiger partial charge < -0.3 is 30.9 Å². The molecule has 3 amide bonds. The Kier molecular flexibility index (Phi) is 6.09. The van der Waals surface area contributed by atoms with Crippen LogP contribution in [-0.4, -0.2) is 71.7 Å². The maximum atomic E-state index is 12.9. The number of aromatic nitrogens is 2. The molecule has 0 spiro atoms. The number of nitrogens with zero attached hydrogens (tertiary/aromatic N) is 4. The van der Waals surface area contributed by atoms with Gasteiger partial charge in [-0.3, -0.25) is 4.79 Å². The zero-order chi connectivity index (χ0) is 23.7. The van der Waals surface area contributed by atoms with Crippen LogP contribution in [0.25, 0.3) is 11.4 Å². The number of anilines is 2. The second kappa shape index (κ2) is 9.19. The van der Waals surface area contributed by atoms with Crippen LogP contribution < -0.4 is 21.3 Å². The number of ether oxygens (including phenoxy) is 1. The summed E-state index contributed by atoms with van der Waals surface area (Å²) in [7, 11) is 0. The van der Waals surface area contributed by atoms with E-state index in [-0.39, 0.29) is 11.9 Å². The van der Waals surface area contributed by atoms with Crippen LogP contribution in [0.5, 0.6) is 0 Å².